The Bertz CT molecular complexity index is 434. The van der Waals surface area contributed by atoms with Crippen LogP contribution in [0.3, 0.4) is 0 Å². The number of carbonyl (C=O) groups is 1. The zero-order valence-electron chi connectivity index (χ0n) is 10.3. The summed E-state index contributed by atoms with van der Waals surface area (Å²) in [5.74, 6) is 0.714. The number of nitrogens with one attached hydrogen (secondary N) is 2. The highest BCUT2D eigenvalue weighted by Gasteiger charge is 2.31. The fourth-order valence-electron chi connectivity index (χ4n) is 1.88. The first-order valence-corrected chi connectivity index (χ1v) is 5.62. The molecule has 1 unspecified atom stereocenters. The number of nitrogens with zero attached hydrogens (tertiary/aromatic N) is 1. The molecule has 0 radical (unpaired) electrons. The summed E-state index contributed by atoms with van der Waals surface area (Å²) in [6.45, 7) is 2.24. The van der Waals surface area contributed by atoms with Crippen molar-refractivity contribution in [1.82, 2.24) is 5.32 Å². The Kier molecular flexibility index (Phi) is 3.19. The minimum atomic E-state index is -0.434. The summed E-state index contributed by atoms with van der Waals surface area (Å²) in [4.78, 5) is 13.7. The standard InChI is InChI=1S/C12H17N3O2/c1-8-12(16)15(7-13-2)10-6-9(14-3)4-5-11(10)17-8/h4-6,8,13-14H,7H2,1-3H3. The van der Waals surface area contributed by atoms with Crippen LogP contribution in [0.5, 0.6) is 5.75 Å². The fraction of sp³-hybridized carbons (Fsp3) is 0.417. The van der Waals surface area contributed by atoms with Gasteiger partial charge in [-0.05, 0) is 32.2 Å². The van der Waals surface area contributed by atoms with Crippen molar-refractivity contribution < 1.29 is 9.53 Å². The van der Waals surface area contributed by atoms with Crippen LogP contribution in [0.15, 0.2) is 18.2 Å². The molecule has 5 nitrogen and oxygen atoms in total. The molecule has 0 saturated heterocycles. The van der Waals surface area contributed by atoms with Gasteiger partial charge in [0.2, 0.25) is 0 Å². The summed E-state index contributed by atoms with van der Waals surface area (Å²) in [6.07, 6.45) is -0.434. The van der Waals surface area contributed by atoms with Crippen molar-refractivity contribution in [3.63, 3.8) is 0 Å². The smallest absolute Gasteiger partial charge is 0.268 e. The molecular formula is C12H17N3O2. The van der Waals surface area contributed by atoms with Crippen LogP contribution < -0.4 is 20.3 Å². The first-order valence-electron chi connectivity index (χ1n) is 5.62. The van der Waals surface area contributed by atoms with E-state index in [-0.39, 0.29) is 5.91 Å². The minimum Gasteiger partial charge on any atom is -0.479 e. The molecule has 0 fully saturated rings. The van der Waals surface area contributed by atoms with Crippen molar-refractivity contribution in [2.75, 3.05) is 31.0 Å². The van der Waals surface area contributed by atoms with Crippen molar-refractivity contribution in [3.05, 3.63) is 18.2 Å². The summed E-state index contributed by atoms with van der Waals surface area (Å²) >= 11 is 0. The summed E-state index contributed by atoms with van der Waals surface area (Å²) in [5, 5.41) is 6.05. The number of hydrogen-bond acceptors (Lipinski definition) is 4. The van der Waals surface area contributed by atoms with Gasteiger partial charge in [0.1, 0.15) is 5.75 Å². The average molecular weight is 235 g/mol. The lowest BCUT2D eigenvalue weighted by atomic mass is 10.2. The maximum absolute atomic E-state index is 12.0. The van der Waals surface area contributed by atoms with Gasteiger partial charge in [-0.2, -0.15) is 0 Å². The number of fused-ring (bicyclic) bond motifs is 1. The molecular weight excluding hydrogens is 218 g/mol. The molecule has 0 bridgehead atoms. The van der Waals surface area contributed by atoms with Crippen LogP contribution in [0.25, 0.3) is 0 Å². The Morgan fingerprint density at radius 2 is 2.18 bits per heavy atom. The van der Waals surface area contributed by atoms with E-state index in [9.17, 15) is 4.79 Å². The number of rotatable bonds is 3. The molecule has 92 valence electrons. The van der Waals surface area contributed by atoms with Gasteiger partial charge >= 0.3 is 0 Å². The van der Waals surface area contributed by atoms with Crippen molar-refractivity contribution in [2.24, 2.45) is 0 Å². The summed E-state index contributed by atoms with van der Waals surface area (Å²) in [6, 6.07) is 5.72. The van der Waals surface area contributed by atoms with Crippen molar-refractivity contribution in [2.45, 2.75) is 13.0 Å². The van der Waals surface area contributed by atoms with E-state index in [0.29, 0.717) is 6.67 Å². The summed E-state index contributed by atoms with van der Waals surface area (Å²) < 4.78 is 5.57. The Morgan fingerprint density at radius 3 is 2.82 bits per heavy atom. The average Bonchev–Trinajstić information content (AvgIpc) is 2.34. The third-order valence-corrected chi connectivity index (χ3v) is 2.77. The number of amides is 1. The van der Waals surface area contributed by atoms with E-state index in [0.717, 1.165) is 17.1 Å². The molecule has 1 aromatic carbocycles. The largest absolute Gasteiger partial charge is 0.479 e. The van der Waals surface area contributed by atoms with Gasteiger partial charge < -0.3 is 15.4 Å². The van der Waals surface area contributed by atoms with E-state index in [1.165, 1.54) is 0 Å². The molecule has 0 aliphatic carbocycles. The third kappa shape index (κ3) is 2.06. The lowest BCUT2D eigenvalue weighted by Gasteiger charge is -2.33. The van der Waals surface area contributed by atoms with E-state index in [1.54, 1.807) is 11.8 Å². The zero-order chi connectivity index (χ0) is 12.4. The highest BCUT2D eigenvalue weighted by Crippen LogP contribution is 2.35. The third-order valence-electron chi connectivity index (χ3n) is 2.77. The van der Waals surface area contributed by atoms with Crippen LogP contribution in [-0.2, 0) is 4.79 Å². The van der Waals surface area contributed by atoms with E-state index in [4.69, 9.17) is 4.74 Å². The van der Waals surface area contributed by atoms with Gasteiger partial charge in [-0.3, -0.25) is 9.69 Å². The molecule has 2 N–H and O–H groups in total. The maximum Gasteiger partial charge on any atom is 0.268 e. The number of carbonyl (C=O) groups excluding carboxylic acids is 1. The first kappa shape index (κ1) is 11.7. The van der Waals surface area contributed by atoms with Gasteiger partial charge in [-0.15, -0.1) is 0 Å². The van der Waals surface area contributed by atoms with Crippen molar-refractivity contribution >= 4 is 17.3 Å². The van der Waals surface area contributed by atoms with Gasteiger partial charge in [0, 0.05) is 12.7 Å². The quantitative estimate of drug-likeness (QED) is 0.821. The molecule has 0 aromatic heterocycles. The van der Waals surface area contributed by atoms with E-state index in [1.807, 2.05) is 32.3 Å². The van der Waals surface area contributed by atoms with Crippen LogP contribution >= 0.6 is 0 Å². The molecule has 0 saturated carbocycles. The lowest BCUT2D eigenvalue weighted by molar-refractivity contribution is -0.125. The van der Waals surface area contributed by atoms with Gasteiger partial charge in [-0.1, -0.05) is 0 Å². The molecule has 5 heteroatoms. The Balaban J connectivity index is 2.43. The van der Waals surface area contributed by atoms with Crippen LogP contribution in [0.1, 0.15) is 6.92 Å². The van der Waals surface area contributed by atoms with E-state index >= 15 is 0 Å². The predicted molar refractivity (Wildman–Crippen MR) is 67.5 cm³/mol. The second-order valence-corrected chi connectivity index (χ2v) is 3.97. The molecule has 2 rings (SSSR count). The highest BCUT2D eigenvalue weighted by molar-refractivity contribution is 6.00. The van der Waals surface area contributed by atoms with Crippen LogP contribution in [0, 0.1) is 0 Å². The zero-order valence-corrected chi connectivity index (χ0v) is 10.3. The molecule has 1 aliphatic heterocycles. The van der Waals surface area contributed by atoms with Gasteiger partial charge in [-0.25, -0.2) is 0 Å². The van der Waals surface area contributed by atoms with E-state index < -0.39 is 6.10 Å². The summed E-state index contributed by atoms with van der Waals surface area (Å²) in [7, 11) is 3.66. The molecule has 1 amide bonds. The Hall–Kier alpha value is -1.75. The number of benzene rings is 1. The van der Waals surface area contributed by atoms with E-state index in [2.05, 4.69) is 10.6 Å². The van der Waals surface area contributed by atoms with Crippen molar-refractivity contribution in [3.8, 4) is 5.75 Å². The molecule has 1 aliphatic rings. The summed E-state index contributed by atoms with van der Waals surface area (Å²) in [5.41, 5.74) is 1.75. The maximum atomic E-state index is 12.0. The fourth-order valence-corrected chi connectivity index (χ4v) is 1.88. The second kappa shape index (κ2) is 4.63. The molecule has 17 heavy (non-hydrogen) atoms. The number of ether oxygens (including phenoxy) is 1. The molecule has 1 atom stereocenters. The topological polar surface area (TPSA) is 53.6 Å². The minimum absolute atomic E-state index is 0.0277. The Labute approximate surface area is 101 Å². The molecule has 1 aromatic rings. The van der Waals surface area contributed by atoms with Crippen molar-refractivity contribution in [1.29, 1.82) is 0 Å². The SMILES string of the molecule is CNCN1C(=O)C(C)Oc2ccc(NC)cc21. The number of hydrogen-bond donors (Lipinski definition) is 2. The van der Waals surface area contributed by atoms with Crippen LogP contribution in [0.2, 0.25) is 0 Å². The van der Waals surface area contributed by atoms with Gasteiger partial charge in [0.05, 0.1) is 12.4 Å². The molecule has 1 heterocycles. The number of anilines is 2. The second-order valence-electron chi connectivity index (χ2n) is 3.97. The highest BCUT2D eigenvalue weighted by atomic mass is 16.5. The predicted octanol–water partition coefficient (Wildman–Crippen LogP) is 1.02. The van der Waals surface area contributed by atoms with Gasteiger partial charge in [0.15, 0.2) is 6.10 Å². The van der Waals surface area contributed by atoms with Crippen LogP contribution in [-0.4, -0.2) is 32.8 Å². The molecule has 0 spiro atoms. The normalized spacial score (nSPS) is 18.6. The van der Waals surface area contributed by atoms with Crippen LogP contribution in [0.4, 0.5) is 11.4 Å². The Morgan fingerprint density at radius 1 is 1.41 bits per heavy atom. The lowest BCUT2D eigenvalue weighted by Crippen LogP contribution is -2.47. The first-order chi connectivity index (χ1) is 8.17. The monoisotopic (exact) mass is 235 g/mol. The van der Waals surface area contributed by atoms with Gasteiger partial charge in [0.25, 0.3) is 5.91 Å².